The second kappa shape index (κ2) is 7.19. The van der Waals surface area contributed by atoms with Gasteiger partial charge in [0, 0.05) is 32.0 Å². The van der Waals surface area contributed by atoms with Crippen LogP contribution in [0.15, 0.2) is 12.3 Å². The molecule has 0 aromatic carbocycles. The second-order valence-corrected chi connectivity index (χ2v) is 3.44. The topological polar surface area (TPSA) is 101 Å². The average molecular weight is 250 g/mol. The van der Waals surface area contributed by atoms with Gasteiger partial charge in [-0.25, -0.2) is 4.98 Å². The summed E-state index contributed by atoms with van der Waals surface area (Å²) in [7, 11) is 0. The van der Waals surface area contributed by atoms with Crippen LogP contribution >= 0.6 is 0 Å². The number of hydrogen-bond acceptors (Lipinski definition) is 6. The first-order valence-electron chi connectivity index (χ1n) is 5.55. The fourth-order valence-corrected chi connectivity index (χ4v) is 1.32. The van der Waals surface area contributed by atoms with E-state index < -0.39 is 4.92 Å². The molecule has 0 spiro atoms. The summed E-state index contributed by atoms with van der Waals surface area (Å²) in [6.45, 7) is 3.67. The van der Waals surface area contributed by atoms with Gasteiger partial charge in [-0.05, 0) is 13.3 Å². The number of anilines is 1. The van der Waals surface area contributed by atoms with Gasteiger partial charge in [0.05, 0.1) is 10.5 Å². The lowest BCUT2D eigenvalue weighted by Crippen LogP contribution is -2.09. The molecule has 0 bridgehead atoms. The summed E-state index contributed by atoms with van der Waals surface area (Å²) in [5.74, 6) is 0.176. The summed E-state index contributed by atoms with van der Waals surface area (Å²) in [6.07, 6.45) is 2.03. The van der Waals surface area contributed by atoms with Gasteiger partial charge in [0.2, 0.25) is 5.82 Å². The van der Waals surface area contributed by atoms with Gasteiger partial charge in [0.25, 0.3) is 0 Å². The molecule has 0 aliphatic carbocycles. The predicted molar refractivity (Wildman–Crippen MR) is 65.2 cm³/mol. The molecule has 0 saturated heterocycles. The summed E-state index contributed by atoms with van der Waals surface area (Å²) in [5, 5.41) is 22.3. The first kappa shape index (κ1) is 13.9. The lowest BCUT2D eigenvalue weighted by atomic mass is 10.2. The zero-order valence-corrected chi connectivity index (χ0v) is 10.0. The van der Waals surface area contributed by atoms with E-state index in [0.717, 1.165) is 6.42 Å². The Hall–Kier alpha value is -2.20. The Bertz CT molecular complexity index is 456. The van der Waals surface area contributed by atoms with E-state index in [1.165, 1.54) is 12.3 Å². The minimum atomic E-state index is -0.557. The number of nitro groups is 1. The smallest absolute Gasteiger partial charge is 0.312 e. The minimum Gasteiger partial charge on any atom is -0.382 e. The van der Waals surface area contributed by atoms with Crippen molar-refractivity contribution in [2.45, 2.75) is 13.3 Å². The van der Waals surface area contributed by atoms with Crippen molar-refractivity contribution >= 4 is 11.5 Å². The van der Waals surface area contributed by atoms with Crippen LogP contribution < -0.4 is 5.32 Å². The summed E-state index contributed by atoms with van der Waals surface area (Å²) in [4.78, 5) is 14.1. The summed E-state index contributed by atoms with van der Waals surface area (Å²) < 4.78 is 5.15. The SMILES string of the molecule is CCOCCCNc1ncc(C#N)cc1[N+](=O)[O-]. The monoisotopic (exact) mass is 250 g/mol. The number of hydrogen-bond donors (Lipinski definition) is 1. The van der Waals surface area contributed by atoms with E-state index >= 15 is 0 Å². The van der Waals surface area contributed by atoms with Crippen molar-refractivity contribution in [3.8, 4) is 6.07 Å². The molecular formula is C11H14N4O3. The van der Waals surface area contributed by atoms with E-state index in [1.54, 1.807) is 0 Å². The first-order chi connectivity index (χ1) is 8.69. The maximum absolute atomic E-state index is 10.8. The van der Waals surface area contributed by atoms with Crippen LogP contribution in [0.4, 0.5) is 11.5 Å². The highest BCUT2D eigenvalue weighted by Crippen LogP contribution is 2.22. The van der Waals surface area contributed by atoms with Crippen molar-refractivity contribution in [3.05, 3.63) is 27.9 Å². The van der Waals surface area contributed by atoms with Crippen LogP contribution in [0, 0.1) is 21.4 Å². The Kier molecular flexibility index (Phi) is 5.54. The Morgan fingerprint density at radius 3 is 3.06 bits per heavy atom. The van der Waals surface area contributed by atoms with Crippen LogP contribution in [0.2, 0.25) is 0 Å². The van der Waals surface area contributed by atoms with Gasteiger partial charge in [-0.15, -0.1) is 0 Å². The summed E-state index contributed by atoms with van der Waals surface area (Å²) in [6, 6.07) is 3.02. The van der Waals surface area contributed by atoms with Crippen LogP contribution in [-0.4, -0.2) is 29.7 Å². The molecule has 0 fully saturated rings. The van der Waals surface area contributed by atoms with Gasteiger partial charge in [-0.2, -0.15) is 5.26 Å². The van der Waals surface area contributed by atoms with Crippen LogP contribution in [0.25, 0.3) is 0 Å². The molecule has 0 amide bonds. The molecule has 1 heterocycles. The Morgan fingerprint density at radius 1 is 1.67 bits per heavy atom. The van der Waals surface area contributed by atoms with Crippen molar-refractivity contribution in [2.24, 2.45) is 0 Å². The molecule has 1 N–H and O–H groups in total. The molecule has 0 aliphatic heterocycles. The highest BCUT2D eigenvalue weighted by atomic mass is 16.6. The zero-order chi connectivity index (χ0) is 13.4. The molecule has 0 saturated carbocycles. The van der Waals surface area contributed by atoms with Gasteiger partial charge in [-0.1, -0.05) is 0 Å². The number of aromatic nitrogens is 1. The zero-order valence-electron chi connectivity index (χ0n) is 10.0. The van der Waals surface area contributed by atoms with Crippen molar-refractivity contribution < 1.29 is 9.66 Å². The standard InChI is InChI=1S/C11H14N4O3/c1-2-18-5-3-4-13-11-10(15(16)17)6-9(7-12)8-14-11/h6,8H,2-5H2,1H3,(H,13,14). The van der Waals surface area contributed by atoms with Crippen molar-refractivity contribution in [3.63, 3.8) is 0 Å². The van der Waals surface area contributed by atoms with E-state index in [-0.39, 0.29) is 17.1 Å². The van der Waals surface area contributed by atoms with E-state index in [2.05, 4.69) is 10.3 Å². The molecule has 18 heavy (non-hydrogen) atoms. The quantitative estimate of drug-likeness (QED) is 0.449. The number of nitrogens with zero attached hydrogens (tertiary/aromatic N) is 3. The summed E-state index contributed by atoms with van der Waals surface area (Å²) >= 11 is 0. The lowest BCUT2D eigenvalue weighted by molar-refractivity contribution is -0.384. The van der Waals surface area contributed by atoms with Gasteiger partial charge >= 0.3 is 5.69 Å². The maximum atomic E-state index is 10.8. The fourth-order valence-electron chi connectivity index (χ4n) is 1.32. The third-order valence-electron chi connectivity index (χ3n) is 2.16. The summed E-state index contributed by atoms with van der Waals surface area (Å²) in [5.41, 5.74) is -0.0213. The van der Waals surface area contributed by atoms with Crippen molar-refractivity contribution in [2.75, 3.05) is 25.1 Å². The molecule has 0 unspecified atom stereocenters. The number of ether oxygens (including phenoxy) is 1. The predicted octanol–water partition coefficient (Wildman–Crippen LogP) is 1.70. The normalized spacial score (nSPS) is 9.78. The molecule has 0 radical (unpaired) electrons. The van der Waals surface area contributed by atoms with Gasteiger partial charge < -0.3 is 10.1 Å². The molecule has 7 nitrogen and oxygen atoms in total. The molecule has 1 rings (SSSR count). The third kappa shape index (κ3) is 3.99. The van der Waals surface area contributed by atoms with Gasteiger partial charge in [0.1, 0.15) is 6.07 Å². The minimum absolute atomic E-state index is 0.168. The van der Waals surface area contributed by atoms with Crippen LogP contribution in [-0.2, 0) is 4.74 Å². The second-order valence-electron chi connectivity index (χ2n) is 3.44. The molecule has 7 heteroatoms. The van der Waals surface area contributed by atoms with Crippen molar-refractivity contribution in [1.29, 1.82) is 5.26 Å². The van der Waals surface area contributed by atoms with E-state index in [4.69, 9.17) is 10.00 Å². The first-order valence-corrected chi connectivity index (χ1v) is 5.55. The van der Waals surface area contributed by atoms with Gasteiger partial charge in [0.15, 0.2) is 0 Å². The number of nitrogens with one attached hydrogen (secondary N) is 1. The Morgan fingerprint density at radius 2 is 2.44 bits per heavy atom. The van der Waals surface area contributed by atoms with E-state index in [1.807, 2.05) is 13.0 Å². The third-order valence-corrected chi connectivity index (χ3v) is 2.16. The Balaban J connectivity index is 2.65. The fraction of sp³-hybridized carbons (Fsp3) is 0.455. The average Bonchev–Trinajstić information content (AvgIpc) is 2.38. The highest BCUT2D eigenvalue weighted by Gasteiger charge is 2.15. The lowest BCUT2D eigenvalue weighted by Gasteiger charge is -2.06. The molecule has 0 atom stereocenters. The van der Waals surface area contributed by atoms with Crippen molar-refractivity contribution in [1.82, 2.24) is 4.98 Å². The molecule has 0 aliphatic rings. The number of rotatable bonds is 7. The van der Waals surface area contributed by atoms with E-state index in [0.29, 0.717) is 19.8 Å². The molecular weight excluding hydrogens is 236 g/mol. The number of nitriles is 1. The maximum Gasteiger partial charge on any atom is 0.312 e. The highest BCUT2D eigenvalue weighted by molar-refractivity contribution is 5.58. The van der Waals surface area contributed by atoms with Crippen LogP contribution in [0.1, 0.15) is 18.9 Å². The molecule has 1 aromatic heterocycles. The van der Waals surface area contributed by atoms with E-state index in [9.17, 15) is 10.1 Å². The molecule has 96 valence electrons. The molecule has 1 aromatic rings. The largest absolute Gasteiger partial charge is 0.382 e. The van der Waals surface area contributed by atoms with Crippen LogP contribution in [0.3, 0.4) is 0 Å². The number of pyridine rings is 1. The van der Waals surface area contributed by atoms with Crippen LogP contribution in [0.5, 0.6) is 0 Å². The Labute approximate surface area is 105 Å². The van der Waals surface area contributed by atoms with Gasteiger partial charge in [-0.3, -0.25) is 10.1 Å².